The summed E-state index contributed by atoms with van der Waals surface area (Å²) >= 11 is 1.45. The van der Waals surface area contributed by atoms with Gasteiger partial charge in [-0.1, -0.05) is 6.07 Å². The Morgan fingerprint density at radius 3 is 2.96 bits per heavy atom. The number of hydrogen-bond acceptors (Lipinski definition) is 5. The average molecular weight is 326 g/mol. The van der Waals surface area contributed by atoms with Crippen molar-refractivity contribution in [1.29, 1.82) is 0 Å². The van der Waals surface area contributed by atoms with Gasteiger partial charge in [0.15, 0.2) is 0 Å². The van der Waals surface area contributed by atoms with E-state index in [1.807, 2.05) is 18.2 Å². The second kappa shape index (κ2) is 4.99. The first-order valence-corrected chi connectivity index (χ1v) is 8.11. The Labute approximate surface area is 136 Å². The minimum absolute atomic E-state index is 0.0706. The van der Waals surface area contributed by atoms with Gasteiger partial charge in [0.25, 0.3) is 11.5 Å². The first-order valence-electron chi connectivity index (χ1n) is 7.23. The Bertz CT molecular complexity index is 1000. The monoisotopic (exact) mass is 326 g/mol. The molecule has 0 atom stereocenters. The van der Waals surface area contributed by atoms with Crippen LogP contribution in [0.1, 0.15) is 27.4 Å². The lowest BCUT2D eigenvalue weighted by atomic mass is 10.2. The molecule has 0 radical (unpaired) electrons. The molecule has 0 N–H and O–H groups in total. The average Bonchev–Trinajstić information content (AvgIpc) is 3.18. The summed E-state index contributed by atoms with van der Waals surface area (Å²) in [6.45, 7) is 2.48. The lowest BCUT2D eigenvalue weighted by molar-refractivity contribution is 0.0752. The Morgan fingerprint density at radius 2 is 2.13 bits per heavy atom. The fraction of sp³-hybridized carbons (Fsp3) is 0.250. The van der Waals surface area contributed by atoms with E-state index in [4.69, 9.17) is 0 Å². The van der Waals surface area contributed by atoms with Crippen molar-refractivity contribution in [2.45, 2.75) is 20.0 Å². The lowest BCUT2D eigenvalue weighted by Crippen LogP contribution is -2.27. The van der Waals surface area contributed by atoms with Crippen LogP contribution in [0.3, 0.4) is 0 Å². The van der Waals surface area contributed by atoms with E-state index in [-0.39, 0.29) is 11.5 Å². The SMILES string of the molecule is Cc1nc2c(c(=O)n1C)CN(C(=O)c1cccc3ncsc13)C2. The predicted octanol–water partition coefficient (Wildman–Crippen LogP) is 1.85. The molecule has 3 aromatic rings. The zero-order valence-electron chi connectivity index (χ0n) is 12.7. The van der Waals surface area contributed by atoms with Crippen molar-refractivity contribution in [1.82, 2.24) is 19.4 Å². The quantitative estimate of drug-likeness (QED) is 0.684. The highest BCUT2D eigenvalue weighted by Gasteiger charge is 2.29. The fourth-order valence-corrected chi connectivity index (χ4v) is 3.69. The number of rotatable bonds is 1. The van der Waals surface area contributed by atoms with Gasteiger partial charge in [-0.2, -0.15) is 0 Å². The summed E-state index contributed by atoms with van der Waals surface area (Å²) in [4.78, 5) is 35.6. The van der Waals surface area contributed by atoms with Crippen LogP contribution in [0.5, 0.6) is 0 Å². The third-order valence-corrected chi connectivity index (χ3v) is 5.13. The number of amides is 1. The molecule has 1 aromatic carbocycles. The van der Waals surface area contributed by atoms with E-state index in [1.54, 1.807) is 24.4 Å². The minimum Gasteiger partial charge on any atom is -0.328 e. The van der Waals surface area contributed by atoms with Crippen molar-refractivity contribution >= 4 is 27.5 Å². The molecule has 0 spiro atoms. The van der Waals surface area contributed by atoms with Crippen molar-refractivity contribution in [2.75, 3.05) is 0 Å². The Kier molecular flexibility index (Phi) is 3.05. The molecule has 7 heteroatoms. The minimum atomic E-state index is -0.0856. The molecule has 4 rings (SSSR count). The van der Waals surface area contributed by atoms with E-state index in [2.05, 4.69) is 9.97 Å². The number of benzene rings is 1. The molecular formula is C16H14N4O2S. The topological polar surface area (TPSA) is 68.1 Å². The molecule has 0 bridgehead atoms. The predicted molar refractivity (Wildman–Crippen MR) is 87.4 cm³/mol. The van der Waals surface area contributed by atoms with E-state index in [0.717, 1.165) is 10.2 Å². The fourth-order valence-electron chi connectivity index (χ4n) is 2.90. The Balaban J connectivity index is 1.73. The van der Waals surface area contributed by atoms with Gasteiger partial charge in [-0.3, -0.25) is 14.2 Å². The van der Waals surface area contributed by atoms with Gasteiger partial charge < -0.3 is 4.90 Å². The van der Waals surface area contributed by atoms with E-state index >= 15 is 0 Å². The maximum absolute atomic E-state index is 12.9. The van der Waals surface area contributed by atoms with Crippen molar-refractivity contribution in [2.24, 2.45) is 7.05 Å². The molecule has 0 saturated heterocycles. The van der Waals surface area contributed by atoms with Crippen molar-refractivity contribution < 1.29 is 4.79 Å². The summed E-state index contributed by atoms with van der Waals surface area (Å²) in [6.07, 6.45) is 0. The molecule has 0 aliphatic carbocycles. The van der Waals surface area contributed by atoms with Crippen molar-refractivity contribution in [3.63, 3.8) is 0 Å². The van der Waals surface area contributed by atoms with Gasteiger partial charge in [-0.15, -0.1) is 11.3 Å². The summed E-state index contributed by atoms with van der Waals surface area (Å²) in [5.74, 6) is 0.574. The first-order chi connectivity index (χ1) is 11.1. The van der Waals surface area contributed by atoms with Gasteiger partial charge >= 0.3 is 0 Å². The Hall–Kier alpha value is -2.54. The summed E-state index contributed by atoms with van der Waals surface area (Å²) in [5, 5.41) is 0. The van der Waals surface area contributed by atoms with Gasteiger partial charge in [0.2, 0.25) is 0 Å². The maximum Gasteiger partial charge on any atom is 0.258 e. The highest BCUT2D eigenvalue weighted by atomic mass is 32.1. The summed E-state index contributed by atoms with van der Waals surface area (Å²) in [5.41, 5.74) is 4.44. The number of fused-ring (bicyclic) bond motifs is 2. The smallest absolute Gasteiger partial charge is 0.258 e. The molecule has 0 unspecified atom stereocenters. The van der Waals surface area contributed by atoms with Crippen LogP contribution in [0.2, 0.25) is 0 Å². The van der Waals surface area contributed by atoms with Crippen LogP contribution in [0, 0.1) is 6.92 Å². The molecule has 1 aliphatic rings. The summed E-state index contributed by atoms with van der Waals surface area (Å²) < 4.78 is 2.40. The van der Waals surface area contributed by atoms with Gasteiger partial charge in [-0.05, 0) is 19.1 Å². The number of thiazole rings is 1. The normalized spacial score (nSPS) is 13.6. The van der Waals surface area contributed by atoms with Crippen molar-refractivity contribution in [3.05, 3.63) is 56.7 Å². The summed E-state index contributed by atoms with van der Waals surface area (Å²) in [6, 6.07) is 5.53. The molecule has 0 saturated carbocycles. The highest BCUT2D eigenvalue weighted by molar-refractivity contribution is 7.17. The van der Waals surface area contributed by atoms with E-state index < -0.39 is 0 Å². The second-order valence-electron chi connectivity index (χ2n) is 5.62. The molecular weight excluding hydrogens is 312 g/mol. The third kappa shape index (κ3) is 2.08. The number of aryl methyl sites for hydroxylation is 1. The van der Waals surface area contributed by atoms with Crippen LogP contribution >= 0.6 is 11.3 Å². The van der Waals surface area contributed by atoms with Crippen LogP contribution < -0.4 is 5.56 Å². The van der Waals surface area contributed by atoms with Crippen LogP contribution in [-0.4, -0.2) is 25.3 Å². The standard InChI is InChI=1S/C16H14N4O2S/c1-9-18-13-7-20(6-11(13)15(21)19(9)2)16(22)10-4-3-5-12-14(10)23-8-17-12/h3-5,8H,6-7H2,1-2H3. The number of carbonyl (C=O) groups is 1. The van der Waals surface area contributed by atoms with Gasteiger partial charge in [0.05, 0.1) is 45.6 Å². The highest BCUT2D eigenvalue weighted by Crippen LogP contribution is 2.26. The van der Waals surface area contributed by atoms with Gasteiger partial charge in [0.1, 0.15) is 5.82 Å². The van der Waals surface area contributed by atoms with Gasteiger partial charge in [0, 0.05) is 7.05 Å². The number of nitrogens with zero attached hydrogens (tertiary/aromatic N) is 4. The van der Waals surface area contributed by atoms with Crippen LogP contribution in [0.15, 0.2) is 28.5 Å². The number of hydrogen-bond donors (Lipinski definition) is 0. The summed E-state index contributed by atoms with van der Waals surface area (Å²) in [7, 11) is 1.70. The molecule has 1 amide bonds. The lowest BCUT2D eigenvalue weighted by Gasteiger charge is -2.15. The zero-order chi connectivity index (χ0) is 16.1. The van der Waals surface area contributed by atoms with E-state index in [1.165, 1.54) is 15.9 Å². The van der Waals surface area contributed by atoms with E-state index in [0.29, 0.717) is 35.7 Å². The second-order valence-corrected chi connectivity index (χ2v) is 6.47. The number of carbonyl (C=O) groups excluding carboxylic acids is 1. The van der Waals surface area contributed by atoms with Gasteiger partial charge in [-0.25, -0.2) is 9.97 Å². The molecule has 6 nitrogen and oxygen atoms in total. The van der Waals surface area contributed by atoms with Crippen LogP contribution in [0.4, 0.5) is 0 Å². The molecule has 23 heavy (non-hydrogen) atoms. The zero-order valence-corrected chi connectivity index (χ0v) is 13.6. The first kappa shape index (κ1) is 14.1. The molecule has 3 heterocycles. The molecule has 1 aliphatic heterocycles. The molecule has 116 valence electrons. The third-order valence-electron chi connectivity index (χ3n) is 4.26. The van der Waals surface area contributed by atoms with Crippen molar-refractivity contribution in [3.8, 4) is 0 Å². The van der Waals surface area contributed by atoms with Crippen LogP contribution in [-0.2, 0) is 20.1 Å². The van der Waals surface area contributed by atoms with Crippen LogP contribution in [0.25, 0.3) is 10.2 Å². The number of aromatic nitrogens is 3. The molecule has 0 fully saturated rings. The largest absolute Gasteiger partial charge is 0.328 e. The molecule has 2 aromatic heterocycles. The maximum atomic E-state index is 12.9. The Morgan fingerprint density at radius 1 is 1.30 bits per heavy atom. The van der Waals surface area contributed by atoms with E-state index in [9.17, 15) is 9.59 Å².